The first-order valence-corrected chi connectivity index (χ1v) is 30.9. The van der Waals surface area contributed by atoms with Crippen LogP contribution in [-0.2, 0) is 0 Å². The predicted octanol–water partition coefficient (Wildman–Crippen LogP) is 19.9. The average Bonchev–Trinajstić information content (AvgIpc) is 0.773. The van der Waals surface area contributed by atoms with Gasteiger partial charge in [-0.05, 0) is 104 Å². The molecule has 5 nitrogen and oxygen atoms in total. The number of nitrogens with zero attached hydrogens (tertiary/aromatic N) is 4. The Hall–Kier alpha value is -11.9. The number of aromatic nitrogens is 3. The highest BCUT2D eigenvalue weighted by atomic mass is 16.5. The molecule has 2 aliphatic rings. The zero-order chi connectivity index (χ0) is 59.2. The van der Waals surface area contributed by atoms with Crippen molar-refractivity contribution in [1.29, 1.82) is 0 Å². The van der Waals surface area contributed by atoms with Crippen LogP contribution in [0, 0.1) is 0 Å². The number of hydrogen-bond acceptors (Lipinski definition) is 2. The van der Waals surface area contributed by atoms with Gasteiger partial charge in [-0.1, -0.05) is 267 Å². The van der Waals surface area contributed by atoms with Crippen molar-refractivity contribution in [3.05, 3.63) is 334 Å². The molecule has 0 amide bonds. The van der Waals surface area contributed by atoms with Gasteiger partial charge in [-0.2, -0.15) is 0 Å². The van der Waals surface area contributed by atoms with Gasteiger partial charge in [0.25, 0.3) is 6.71 Å². The van der Waals surface area contributed by atoms with Crippen LogP contribution in [0.4, 0.5) is 17.1 Å². The van der Waals surface area contributed by atoms with Gasteiger partial charge in [-0.3, -0.25) is 0 Å². The lowest BCUT2D eigenvalue weighted by Crippen LogP contribution is -2.59. The minimum atomic E-state index is -0.217. The van der Waals surface area contributed by atoms with Crippen molar-refractivity contribution in [1.82, 2.24) is 13.7 Å². The molecule has 0 aliphatic carbocycles. The molecule has 6 heteroatoms. The van der Waals surface area contributed by atoms with Crippen LogP contribution in [0.3, 0.4) is 0 Å². The van der Waals surface area contributed by atoms with Crippen molar-refractivity contribution in [3.63, 3.8) is 0 Å². The summed E-state index contributed by atoms with van der Waals surface area (Å²) < 4.78 is 15.2. The van der Waals surface area contributed by atoms with E-state index in [0.717, 1.165) is 112 Å². The zero-order valence-electron chi connectivity index (χ0n) is 49.0. The third kappa shape index (κ3) is 8.05. The lowest BCUT2D eigenvalue weighted by molar-refractivity contribution is 0.487. The van der Waals surface area contributed by atoms with Crippen LogP contribution in [0.2, 0.25) is 0 Å². The highest BCUT2D eigenvalue weighted by Gasteiger charge is 2.43. The monoisotopic (exact) mass is 1150 g/mol. The lowest BCUT2D eigenvalue weighted by Gasteiger charge is -2.40. The number of hydrogen-bond donors (Lipinski definition) is 0. The third-order valence-electron chi connectivity index (χ3n) is 18.5. The Morgan fingerprint density at radius 1 is 0.244 bits per heavy atom. The highest BCUT2D eigenvalue weighted by Crippen LogP contribution is 2.50. The molecule has 13 aromatic carbocycles. The first-order valence-electron chi connectivity index (χ1n) is 30.9. The van der Waals surface area contributed by atoms with E-state index in [2.05, 4.69) is 352 Å². The molecule has 3 aromatic heterocycles. The maximum atomic E-state index is 7.74. The Labute approximate surface area is 522 Å². The van der Waals surface area contributed by atoms with Crippen molar-refractivity contribution in [2.45, 2.75) is 0 Å². The van der Waals surface area contributed by atoms with Crippen LogP contribution in [0.25, 0.3) is 117 Å². The first-order chi connectivity index (χ1) is 44.7. The van der Waals surface area contributed by atoms with Crippen molar-refractivity contribution in [2.24, 2.45) is 0 Å². The van der Waals surface area contributed by atoms with Crippen molar-refractivity contribution in [2.75, 3.05) is 4.90 Å². The van der Waals surface area contributed by atoms with Crippen LogP contribution < -0.4 is 26.0 Å². The van der Waals surface area contributed by atoms with Gasteiger partial charge in [0.05, 0.1) is 39.3 Å². The molecule has 2 aliphatic heterocycles. The quantitative estimate of drug-likeness (QED) is 0.128. The molecular weight excluding hydrogens is 1090 g/mol. The Morgan fingerprint density at radius 2 is 0.578 bits per heavy atom. The van der Waals surface area contributed by atoms with Crippen LogP contribution in [0.15, 0.2) is 334 Å². The minimum Gasteiger partial charge on any atom is -0.458 e. The minimum absolute atomic E-state index is 0.217. The Balaban J connectivity index is 0.936. The number of rotatable bonds is 10. The molecule has 0 unspecified atom stereocenters. The molecule has 0 atom stereocenters. The highest BCUT2D eigenvalue weighted by molar-refractivity contribution is 6.99. The first kappa shape index (κ1) is 51.4. The average molecular weight is 1150 g/mol. The largest absolute Gasteiger partial charge is 0.458 e. The number of ether oxygens (including phenoxy) is 1. The van der Waals surface area contributed by atoms with Gasteiger partial charge in [0.1, 0.15) is 11.5 Å². The molecule has 420 valence electrons. The molecule has 0 saturated heterocycles. The summed E-state index contributed by atoms with van der Waals surface area (Å²) >= 11 is 0. The van der Waals surface area contributed by atoms with E-state index in [9.17, 15) is 0 Å². The van der Waals surface area contributed by atoms with Crippen LogP contribution in [-0.4, -0.2) is 20.4 Å². The number of anilines is 3. The molecule has 0 radical (unpaired) electrons. The molecule has 5 heterocycles. The second kappa shape index (κ2) is 20.9. The van der Waals surface area contributed by atoms with E-state index in [1.807, 2.05) is 0 Å². The second-order valence-electron chi connectivity index (χ2n) is 23.5. The van der Waals surface area contributed by atoms with Gasteiger partial charge in [0.15, 0.2) is 0 Å². The smallest absolute Gasteiger partial charge is 0.256 e. The summed E-state index contributed by atoms with van der Waals surface area (Å²) in [7, 11) is 0. The van der Waals surface area contributed by atoms with Crippen molar-refractivity contribution in [3.8, 4) is 95.7 Å². The molecule has 18 rings (SSSR count). The number of para-hydroxylation sites is 4. The molecule has 0 spiro atoms. The van der Waals surface area contributed by atoms with Gasteiger partial charge >= 0.3 is 0 Å². The molecule has 16 aromatic rings. The van der Waals surface area contributed by atoms with E-state index in [1.165, 1.54) is 49.4 Å². The molecular formula is C84H55BN4O. The molecule has 90 heavy (non-hydrogen) atoms. The maximum Gasteiger partial charge on any atom is 0.256 e. The van der Waals surface area contributed by atoms with E-state index in [1.54, 1.807) is 0 Å². The summed E-state index contributed by atoms with van der Waals surface area (Å²) in [4.78, 5) is 2.50. The normalized spacial score (nSPS) is 12.3. The van der Waals surface area contributed by atoms with Crippen LogP contribution in [0.1, 0.15) is 0 Å². The van der Waals surface area contributed by atoms with E-state index in [0.29, 0.717) is 0 Å². The maximum absolute atomic E-state index is 7.74. The van der Waals surface area contributed by atoms with Gasteiger partial charge in [0, 0.05) is 73.4 Å². The topological polar surface area (TPSA) is 27.3 Å². The standard InChI is InChI=1S/C84H55BN4O/c1-8-28-56(29-9-1)78-66-42-22-25-45-71(66)87(82(78)59-34-14-4-15-35-59)63-48-50-69-74(52-63)86(62-40-20-7-21-41-62)75-53-65(89-73-47-27-24-44-68(73)80(58-32-12-3-13-33-58)84(89)61-38-18-6-19-39-61)55-77-81(75)85(69)70-51-49-64(54-76(70)90-77)88-72-46-26-23-43-67(72)79(57-30-10-2-11-31-57)83(88)60-36-16-5-17-37-60/h1-55H. The van der Waals surface area contributed by atoms with Gasteiger partial charge < -0.3 is 23.3 Å². The van der Waals surface area contributed by atoms with Gasteiger partial charge in [-0.25, -0.2) is 0 Å². The van der Waals surface area contributed by atoms with Crippen molar-refractivity contribution < 1.29 is 4.74 Å². The van der Waals surface area contributed by atoms with E-state index in [-0.39, 0.29) is 6.71 Å². The SMILES string of the molecule is c1ccc(-c2c(-c3ccccc3)n(-c3ccc4c(c3)Oc3cc(-n5c(-c6ccccc6)c(-c6ccccc6)c6ccccc65)cc5c3B4c3ccc(-n4c(-c6ccccc6)c(-c6ccccc6)c6ccccc64)cc3N5c3ccccc3)c3ccccc23)cc1. The van der Waals surface area contributed by atoms with E-state index in [4.69, 9.17) is 4.74 Å². The summed E-state index contributed by atoms with van der Waals surface area (Å²) in [5.41, 5.74) is 26.9. The lowest BCUT2D eigenvalue weighted by atomic mass is 9.34. The van der Waals surface area contributed by atoms with E-state index >= 15 is 0 Å². The second-order valence-corrected chi connectivity index (χ2v) is 23.5. The van der Waals surface area contributed by atoms with E-state index < -0.39 is 0 Å². The Morgan fingerprint density at radius 3 is 1.01 bits per heavy atom. The molecule has 0 N–H and O–H groups in total. The third-order valence-corrected chi connectivity index (χ3v) is 18.5. The fourth-order valence-electron chi connectivity index (χ4n) is 14.8. The summed E-state index contributed by atoms with van der Waals surface area (Å²) in [5, 5.41) is 3.55. The van der Waals surface area contributed by atoms with Crippen LogP contribution in [0.5, 0.6) is 11.5 Å². The molecule has 0 bridgehead atoms. The summed E-state index contributed by atoms with van der Waals surface area (Å²) in [6, 6.07) is 122. The summed E-state index contributed by atoms with van der Waals surface area (Å²) in [6.07, 6.45) is 0. The number of fused-ring (bicyclic) bond motifs is 7. The fraction of sp³-hybridized carbons (Fsp3) is 0. The Kier molecular flexibility index (Phi) is 12.0. The predicted molar refractivity (Wildman–Crippen MR) is 375 cm³/mol. The van der Waals surface area contributed by atoms with Gasteiger partial charge in [-0.15, -0.1) is 0 Å². The fourth-order valence-corrected chi connectivity index (χ4v) is 14.8. The van der Waals surface area contributed by atoms with Crippen LogP contribution >= 0.6 is 0 Å². The van der Waals surface area contributed by atoms with Crippen molar-refractivity contribution >= 4 is 72.9 Å². The summed E-state index contributed by atoms with van der Waals surface area (Å²) in [6.45, 7) is -0.217. The molecule has 0 saturated carbocycles. The number of benzene rings is 13. The van der Waals surface area contributed by atoms with Gasteiger partial charge in [0.2, 0.25) is 0 Å². The summed E-state index contributed by atoms with van der Waals surface area (Å²) in [5.74, 6) is 1.63. The zero-order valence-corrected chi connectivity index (χ0v) is 49.0. The Bertz CT molecular complexity index is 5430. The molecule has 0 fully saturated rings.